The van der Waals surface area contributed by atoms with Crippen molar-refractivity contribution >= 4 is 71.7 Å². The van der Waals surface area contributed by atoms with E-state index in [2.05, 4.69) is 181 Å². The molecule has 55 heavy (non-hydrogen) atoms. The van der Waals surface area contributed by atoms with E-state index >= 15 is 0 Å². The second kappa shape index (κ2) is 12.6. The molecule has 0 unspecified atom stereocenters. The van der Waals surface area contributed by atoms with Crippen molar-refractivity contribution in [3.8, 4) is 33.4 Å². The summed E-state index contributed by atoms with van der Waals surface area (Å²) in [5.41, 5.74) is 13.8. The van der Waals surface area contributed by atoms with Gasteiger partial charge in [-0.1, -0.05) is 127 Å². The minimum absolute atomic E-state index is 0.897. The Morgan fingerprint density at radius 2 is 0.745 bits per heavy atom. The lowest BCUT2D eigenvalue weighted by Crippen LogP contribution is -2.10. The Morgan fingerprint density at radius 3 is 1.40 bits per heavy atom. The first kappa shape index (κ1) is 31.2. The average Bonchev–Trinajstić information content (AvgIpc) is 3.82. The lowest BCUT2D eigenvalue weighted by molar-refractivity contribution is 0.668. The molecule has 0 N–H and O–H groups in total. The van der Waals surface area contributed by atoms with Crippen LogP contribution in [0, 0.1) is 0 Å². The highest BCUT2D eigenvalue weighted by Crippen LogP contribution is 2.41. The zero-order chi connectivity index (χ0) is 36.3. The van der Waals surface area contributed by atoms with Crippen molar-refractivity contribution in [2.45, 2.75) is 0 Å². The van der Waals surface area contributed by atoms with Crippen molar-refractivity contribution in [3.63, 3.8) is 0 Å². The van der Waals surface area contributed by atoms with Crippen LogP contribution in [0.5, 0.6) is 0 Å². The van der Waals surface area contributed by atoms with E-state index in [9.17, 15) is 0 Å². The first-order chi connectivity index (χ1) is 27.2. The minimum Gasteiger partial charge on any atom is -0.456 e. The number of benzene rings is 9. The van der Waals surface area contributed by atoms with Crippen molar-refractivity contribution < 1.29 is 8.83 Å². The summed E-state index contributed by atoms with van der Waals surface area (Å²) < 4.78 is 12.3. The van der Waals surface area contributed by atoms with Crippen molar-refractivity contribution in [2.75, 3.05) is 4.90 Å². The third kappa shape index (κ3) is 5.36. The Kier molecular flexibility index (Phi) is 7.17. The summed E-state index contributed by atoms with van der Waals surface area (Å²) in [5, 5.41) is 7.00. The van der Waals surface area contributed by atoms with E-state index in [1.165, 1.54) is 21.9 Å². The fourth-order valence-corrected chi connectivity index (χ4v) is 8.15. The van der Waals surface area contributed by atoms with Gasteiger partial charge in [-0.15, -0.1) is 0 Å². The zero-order valence-corrected chi connectivity index (χ0v) is 29.8. The fourth-order valence-electron chi connectivity index (χ4n) is 8.15. The zero-order valence-electron chi connectivity index (χ0n) is 29.8. The molecule has 0 saturated carbocycles. The molecule has 0 aliphatic rings. The predicted octanol–water partition coefficient (Wildman–Crippen LogP) is 15.1. The minimum atomic E-state index is 0.897. The second-order valence-corrected chi connectivity index (χ2v) is 14.1. The molecule has 3 heteroatoms. The van der Waals surface area contributed by atoms with Crippen LogP contribution in [0.25, 0.3) is 88.0 Å². The molecule has 2 heterocycles. The molecule has 9 aromatic carbocycles. The van der Waals surface area contributed by atoms with E-state index < -0.39 is 0 Å². The molecule has 0 spiro atoms. The third-order valence-electron chi connectivity index (χ3n) is 10.9. The van der Waals surface area contributed by atoms with E-state index in [1.54, 1.807) is 0 Å². The molecule has 2 aromatic heterocycles. The maximum absolute atomic E-state index is 6.15. The highest BCUT2D eigenvalue weighted by molar-refractivity contribution is 6.07. The maximum Gasteiger partial charge on any atom is 0.135 e. The van der Waals surface area contributed by atoms with E-state index in [4.69, 9.17) is 8.83 Å². The van der Waals surface area contributed by atoms with Gasteiger partial charge in [0.1, 0.15) is 22.3 Å². The lowest BCUT2D eigenvalue weighted by atomic mass is 9.98. The van der Waals surface area contributed by atoms with Gasteiger partial charge in [-0.05, 0) is 117 Å². The van der Waals surface area contributed by atoms with E-state index in [0.29, 0.717) is 0 Å². The number of nitrogens with zero attached hydrogens (tertiary/aromatic N) is 1. The molecular formula is C52H33NO2. The molecule has 258 valence electrons. The van der Waals surface area contributed by atoms with E-state index in [-0.39, 0.29) is 0 Å². The van der Waals surface area contributed by atoms with Gasteiger partial charge >= 0.3 is 0 Å². The molecule has 0 radical (unpaired) electrons. The second-order valence-electron chi connectivity index (χ2n) is 14.1. The average molecular weight is 704 g/mol. The van der Waals surface area contributed by atoms with Crippen molar-refractivity contribution in [2.24, 2.45) is 0 Å². The largest absolute Gasteiger partial charge is 0.456 e. The van der Waals surface area contributed by atoms with Gasteiger partial charge in [0.15, 0.2) is 0 Å². The van der Waals surface area contributed by atoms with Crippen LogP contribution in [0.1, 0.15) is 0 Å². The fraction of sp³-hybridized carbons (Fsp3) is 0. The Morgan fingerprint density at radius 1 is 0.273 bits per heavy atom. The van der Waals surface area contributed by atoms with Crippen LogP contribution in [0.15, 0.2) is 209 Å². The molecule has 0 aliphatic heterocycles. The van der Waals surface area contributed by atoms with Gasteiger partial charge in [0, 0.05) is 38.6 Å². The molecule has 3 nitrogen and oxygen atoms in total. The van der Waals surface area contributed by atoms with Gasteiger partial charge in [-0.2, -0.15) is 0 Å². The molecule has 0 aliphatic carbocycles. The number of hydrogen-bond acceptors (Lipinski definition) is 3. The highest BCUT2D eigenvalue weighted by atomic mass is 16.3. The molecule has 0 fully saturated rings. The van der Waals surface area contributed by atoms with Gasteiger partial charge in [-0.3, -0.25) is 0 Å². The summed E-state index contributed by atoms with van der Waals surface area (Å²) in [6.45, 7) is 0. The lowest BCUT2D eigenvalue weighted by Gasteiger charge is -2.26. The maximum atomic E-state index is 6.15. The quantitative estimate of drug-likeness (QED) is 0.173. The number of fused-ring (bicyclic) bond motifs is 7. The monoisotopic (exact) mass is 703 g/mol. The molecule has 0 bridgehead atoms. The van der Waals surface area contributed by atoms with Crippen LogP contribution in [0.2, 0.25) is 0 Å². The van der Waals surface area contributed by atoms with E-state index in [1.807, 2.05) is 24.3 Å². The van der Waals surface area contributed by atoms with Crippen LogP contribution in [0.4, 0.5) is 17.1 Å². The first-order valence-electron chi connectivity index (χ1n) is 18.7. The number of anilines is 3. The van der Waals surface area contributed by atoms with Crippen molar-refractivity contribution in [3.05, 3.63) is 200 Å². The Labute approximate surface area is 317 Å². The molecule has 0 amide bonds. The molecular weight excluding hydrogens is 671 g/mol. The third-order valence-corrected chi connectivity index (χ3v) is 10.9. The van der Waals surface area contributed by atoms with Crippen LogP contribution in [0.3, 0.4) is 0 Å². The first-order valence-corrected chi connectivity index (χ1v) is 18.7. The number of rotatable bonds is 6. The standard InChI is InChI=1S/C52H33NO2/c1-2-13-43-35(9-1)10-8-16-44(43)36-21-27-41(28-22-36)53(40-25-19-34(20-26-40)38-23-29-51-47(32-38)45-14-3-5-17-49(45)54-51)42-12-7-11-37(31-42)39-24-30-52-48(33-39)46-15-4-6-18-50(46)55-52/h1-33H. The number of hydrogen-bond donors (Lipinski definition) is 0. The number of para-hydroxylation sites is 2. The van der Waals surface area contributed by atoms with Crippen LogP contribution in [-0.2, 0) is 0 Å². The van der Waals surface area contributed by atoms with Crippen LogP contribution in [-0.4, -0.2) is 0 Å². The summed E-state index contributed by atoms with van der Waals surface area (Å²) in [4.78, 5) is 2.35. The smallest absolute Gasteiger partial charge is 0.135 e. The Balaban J connectivity index is 1.01. The van der Waals surface area contributed by atoms with Crippen molar-refractivity contribution in [1.82, 2.24) is 0 Å². The highest BCUT2D eigenvalue weighted by Gasteiger charge is 2.16. The predicted molar refractivity (Wildman–Crippen MR) is 229 cm³/mol. The summed E-state index contributed by atoms with van der Waals surface area (Å²) in [6, 6.07) is 71.2. The summed E-state index contributed by atoms with van der Waals surface area (Å²) in [5.74, 6) is 0. The summed E-state index contributed by atoms with van der Waals surface area (Å²) in [7, 11) is 0. The molecule has 11 rings (SSSR count). The number of furan rings is 2. The van der Waals surface area contributed by atoms with Gasteiger partial charge in [0.05, 0.1) is 0 Å². The molecule has 0 saturated heterocycles. The summed E-state index contributed by atoms with van der Waals surface area (Å²) in [6.07, 6.45) is 0. The van der Waals surface area contributed by atoms with Crippen molar-refractivity contribution in [1.29, 1.82) is 0 Å². The topological polar surface area (TPSA) is 29.5 Å². The summed E-state index contributed by atoms with van der Waals surface area (Å²) >= 11 is 0. The Hall–Kier alpha value is -7.36. The van der Waals surface area contributed by atoms with Crippen LogP contribution < -0.4 is 4.90 Å². The van der Waals surface area contributed by atoms with Gasteiger partial charge in [0.25, 0.3) is 0 Å². The Bertz CT molecular complexity index is 3200. The molecule has 11 aromatic rings. The molecule has 0 atom stereocenters. The van der Waals surface area contributed by atoms with Crippen LogP contribution >= 0.6 is 0 Å². The normalized spacial score (nSPS) is 11.6. The van der Waals surface area contributed by atoms with E-state index in [0.717, 1.165) is 83.2 Å². The van der Waals surface area contributed by atoms with Gasteiger partial charge in [0.2, 0.25) is 0 Å². The SMILES string of the molecule is c1cc(-c2ccc3oc4ccccc4c3c2)cc(N(c2ccc(-c3ccc4oc5ccccc5c4c3)cc2)c2ccc(-c3cccc4ccccc34)cc2)c1. The van der Waals surface area contributed by atoms with Gasteiger partial charge < -0.3 is 13.7 Å². The van der Waals surface area contributed by atoms with Gasteiger partial charge in [-0.25, -0.2) is 0 Å².